The van der Waals surface area contributed by atoms with E-state index in [1.54, 1.807) is 18.8 Å². The van der Waals surface area contributed by atoms with Crippen molar-refractivity contribution in [3.63, 3.8) is 0 Å². The average molecular weight is 209 g/mol. The van der Waals surface area contributed by atoms with Crippen molar-refractivity contribution < 1.29 is 4.79 Å². The van der Waals surface area contributed by atoms with Crippen molar-refractivity contribution in [3.05, 3.63) is 30.3 Å². The molecule has 76 valence electrons. The zero-order chi connectivity index (χ0) is 10.2. The van der Waals surface area contributed by atoms with Gasteiger partial charge >= 0.3 is 0 Å². The Morgan fingerprint density at radius 3 is 2.71 bits per heavy atom. The predicted molar refractivity (Wildman–Crippen MR) is 60.5 cm³/mol. The first-order valence-corrected chi connectivity index (χ1v) is 5.70. The van der Waals surface area contributed by atoms with Gasteiger partial charge in [0.05, 0.1) is 0 Å². The molecular weight excluding hydrogens is 194 g/mol. The molecule has 0 aliphatic carbocycles. The van der Waals surface area contributed by atoms with Crippen LogP contribution < -0.4 is 5.32 Å². The molecule has 0 aliphatic rings. The predicted octanol–water partition coefficient (Wildman–Crippen LogP) is 2.30. The molecule has 1 aromatic carbocycles. The molecule has 0 aliphatic heterocycles. The first-order chi connectivity index (χ1) is 6.83. The van der Waals surface area contributed by atoms with Crippen molar-refractivity contribution >= 4 is 17.7 Å². The van der Waals surface area contributed by atoms with Crippen molar-refractivity contribution in [1.82, 2.24) is 5.32 Å². The van der Waals surface area contributed by atoms with Crippen LogP contribution in [-0.4, -0.2) is 18.7 Å². The van der Waals surface area contributed by atoms with Gasteiger partial charge in [-0.25, -0.2) is 0 Å². The highest BCUT2D eigenvalue weighted by Gasteiger charge is 1.97. The van der Waals surface area contributed by atoms with E-state index in [1.165, 1.54) is 4.90 Å². The molecule has 0 heterocycles. The molecule has 1 aromatic rings. The van der Waals surface area contributed by atoms with Crippen molar-refractivity contribution in [2.75, 3.05) is 12.8 Å². The molecule has 1 amide bonds. The number of nitrogens with one attached hydrogen (secondary N) is 1. The minimum atomic E-state index is 0.124. The molecule has 0 fully saturated rings. The van der Waals surface area contributed by atoms with E-state index in [9.17, 15) is 4.79 Å². The number of amides is 1. The topological polar surface area (TPSA) is 29.1 Å². The molecule has 1 N–H and O–H groups in total. The second-order valence-electron chi connectivity index (χ2n) is 2.94. The second kappa shape index (κ2) is 6.49. The maximum absolute atomic E-state index is 10.9. The molecule has 0 aromatic heterocycles. The summed E-state index contributed by atoms with van der Waals surface area (Å²) in [6, 6.07) is 10.2. The Kier molecular flexibility index (Phi) is 5.15. The summed E-state index contributed by atoms with van der Waals surface area (Å²) >= 11 is 1.79. The summed E-state index contributed by atoms with van der Waals surface area (Å²) < 4.78 is 0. The number of hydrogen-bond acceptors (Lipinski definition) is 2. The molecule has 0 radical (unpaired) electrons. The lowest BCUT2D eigenvalue weighted by molar-refractivity contribution is -0.120. The van der Waals surface area contributed by atoms with Gasteiger partial charge in [-0.05, 0) is 24.3 Å². The Morgan fingerprint density at radius 1 is 1.36 bits per heavy atom. The Labute approximate surface area is 89.1 Å². The summed E-state index contributed by atoms with van der Waals surface area (Å²) in [6.45, 7) is 0. The maximum atomic E-state index is 10.9. The van der Waals surface area contributed by atoms with E-state index in [1.807, 2.05) is 18.2 Å². The van der Waals surface area contributed by atoms with Crippen LogP contribution in [0.1, 0.15) is 12.8 Å². The van der Waals surface area contributed by atoms with E-state index >= 15 is 0 Å². The zero-order valence-corrected chi connectivity index (χ0v) is 9.14. The van der Waals surface area contributed by atoms with Gasteiger partial charge < -0.3 is 5.32 Å². The summed E-state index contributed by atoms with van der Waals surface area (Å²) in [6.07, 6.45) is 1.55. The Balaban J connectivity index is 2.13. The third kappa shape index (κ3) is 4.33. The minimum absolute atomic E-state index is 0.124. The highest BCUT2D eigenvalue weighted by atomic mass is 32.2. The molecule has 0 bridgehead atoms. The largest absolute Gasteiger partial charge is 0.359 e. The van der Waals surface area contributed by atoms with Crippen molar-refractivity contribution in [2.45, 2.75) is 17.7 Å². The average Bonchev–Trinajstić information content (AvgIpc) is 2.25. The van der Waals surface area contributed by atoms with Gasteiger partial charge in [-0.1, -0.05) is 18.2 Å². The van der Waals surface area contributed by atoms with E-state index < -0.39 is 0 Å². The third-order valence-corrected chi connectivity index (χ3v) is 2.94. The van der Waals surface area contributed by atoms with Crippen molar-refractivity contribution in [3.8, 4) is 0 Å². The van der Waals surface area contributed by atoms with Gasteiger partial charge in [0.1, 0.15) is 0 Å². The highest BCUT2D eigenvalue weighted by Crippen LogP contribution is 2.18. The van der Waals surface area contributed by atoms with Crippen LogP contribution in [0.3, 0.4) is 0 Å². The molecule has 0 spiro atoms. The minimum Gasteiger partial charge on any atom is -0.359 e. The Hall–Kier alpha value is -0.960. The summed E-state index contributed by atoms with van der Waals surface area (Å²) in [5.41, 5.74) is 0. The van der Waals surface area contributed by atoms with Crippen LogP contribution in [0.4, 0.5) is 0 Å². The van der Waals surface area contributed by atoms with Gasteiger partial charge in [-0.2, -0.15) is 0 Å². The zero-order valence-electron chi connectivity index (χ0n) is 8.32. The standard InChI is InChI=1S/C11H15NOS/c1-12-11(13)8-5-9-14-10-6-3-2-4-7-10/h2-4,6-7H,5,8-9H2,1H3,(H,12,13). The van der Waals surface area contributed by atoms with Crippen molar-refractivity contribution in [2.24, 2.45) is 0 Å². The SMILES string of the molecule is CNC(=O)CCCSc1ccccc1. The van der Waals surface area contributed by atoms with Crippen LogP contribution in [0.2, 0.25) is 0 Å². The summed E-state index contributed by atoms with van der Waals surface area (Å²) in [7, 11) is 1.67. The Bertz CT molecular complexity index is 274. The van der Waals surface area contributed by atoms with Crippen LogP contribution >= 0.6 is 11.8 Å². The first-order valence-electron chi connectivity index (χ1n) is 4.71. The molecule has 1 rings (SSSR count). The lowest BCUT2D eigenvalue weighted by Gasteiger charge is -2.00. The third-order valence-electron chi connectivity index (χ3n) is 1.84. The first kappa shape index (κ1) is 11.1. The lowest BCUT2D eigenvalue weighted by atomic mass is 10.3. The molecule has 0 saturated heterocycles. The fourth-order valence-corrected chi connectivity index (χ4v) is 1.94. The lowest BCUT2D eigenvalue weighted by Crippen LogP contribution is -2.17. The summed E-state index contributed by atoms with van der Waals surface area (Å²) in [5, 5.41) is 2.62. The molecule has 2 nitrogen and oxygen atoms in total. The number of hydrogen-bond donors (Lipinski definition) is 1. The summed E-state index contributed by atoms with van der Waals surface area (Å²) in [4.78, 5) is 12.2. The van der Waals surface area contributed by atoms with Crippen LogP contribution in [0.15, 0.2) is 35.2 Å². The van der Waals surface area contributed by atoms with Gasteiger partial charge in [0.15, 0.2) is 0 Å². The number of carbonyl (C=O) groups is 1. The van der Waals surface area contributed by atoms with E-state index in [-0.39, 0.29) is 5.91 Å². The van der Waals surface area contributed by atoms with Gasteiger partial charge in [0, 0.05) is 18.4 Å². The van der Waals surface area contributed by atoms with E-state index in [0.717, 1.165) is 12.2 Å². The van der Waals surface area contributed by atoms with Crippen LogP contribution in [0.25, 0.3) is 0 Å². The van der Waals surface area contributed by atoms with Crippen LogP contribution in [0.5, 0.6) is 0 Å². The number of rotatable bonds is 5. The summed E-state index contributed by atoms with van der Waals surface area (Å²) in [5.74, 6) is 1.12. The quantitative estimate of drug-likeness (QED) is 0.595. The second-order valence-corrected chi connectivity index (χ2v) is 4.11. The molecule has 0 unspecified atom stereocenters. The normalized spacial score (nSPS) is 9.79. The number of benzene rings is 1. The molecule has 14 heavy (non-hydrogen) atoms. The highest BCUT2D eigenvalue weighted by molar-refractivity contribution is 7.99. The molecule has 0 atom stereocenters. The number of carbonyl (C=O) groups excluding carboxylic acids is 1. The number of thioether (sulfide) groups is 1. The van der Waals surface area contributed by atoms with Gasteiger partial charge in [0.2, 0.25) is 5.91 Å². The van der Waals surface area contributed by atoms with Gasteiger partial charge in [-0.3, -0.25) is 4.79 Å². The van der Waals surface area contributed by atoms with E-state index in [0.29, 0.717) is 6.42 Å². The smallest absolute Gasteiger partial charge is 0.219 e. The molecule has 3 heteroatoms. The van der Waals surface area contributed by atoms with E-state index in [2.05, 4.69) is 17.4 Å². The molecular formula is C11H15NOS. The van der Waals surface area contributed by atoms with Crippen molar-refractivity contribution in [1.29, 1.82) is 0 Å². The fraction of sp³-hybridized carbons (Fsp3) is 0.364. The van der Waals surface area contributed by atoms with E-state index in [4.69, 9.17) is 0 Å². The van der Waals surface area contributed by atoms with Crippen LogP contribution in [0, 0.1) is 0 Å². The fourth-order valence-electron chi connectivity index (χ4n) is 1.06. The van der Waals surface area contributed by atoms with Crippen LogP contribution in [-0.2, 0) is 4.79 Å². The molecule has 0 saturated carbocycles. The van der Waals surface area contributed by atoms with Gasteiger partial charge in [0.25, 0.3) is 0 Å². The Morgan fingerprint density at radius 2 is 2.07 bits per heavy atom. The van der Waals surface area contributed by atoms with Gasteiger partial charge in [-0.15, -0.1) is 11.8 Å². The monoisotopic (exact) mass is 209 g/mol. The maximum Gasteiger partial charge on any atom is 0.219 e.